The molecule has 0 radical (unpaired) electrons. The molecule has 0 bridgehead atoms. The summed E-state index contributed by atoms with van der Waals surface area (Å²) in [7, 11) is 0. The van der Waals surface area contributed by atoms with Crippen molar-refractivity contribution in [3.63, 3.8) is 0 Å². The van der Waals surface area contributed by atoms with E-state index in [9.17, 15) is 13.6 Å². The number of carbonyl (C=O) groups is 1. The molecule has 1 heterocycles. The fraction of sp³-hybridized carbons (Fsp3) is 0.533. The summed E-state index contributed by atoms with van der Waals surface area (Å²) in [6.07, 6.45) is 3.28. The van der Waals surface area contributed by atoms with Gasteiger partial charge in [-0.3, -0.25) is 4.79 Å². The molecule has 2 rings (SSSR count). The zero-order chi connectivity index (χ0) is 14.7. The number of hydrogen-bond acceptors (Lipinski definition) is 1. The smallest absolute Gasteiger partial charge is 0.222 e. The predicted octanol–water partition coefficient (Wildman–Crippen LogP) is 4.27. The Labute approximate surface area is 126 Å². The summed E-state index contributed by atoms with van der Waals surface area (Å²) < 4.78 is 27.9. The van der Waals surface area contributed by atoms with Gasteiger partial charge >= 0.3 is 0 Å². The van der Waals surface area contributed by atoms with Crippen LogP contribution in [0.3, 0.4) is 0 Å². The lowest BCUT2D eigenvalue weighted by Crippen LogP contribution is -2.30. The van der Waals surface area contributed by atoms with Gasteiger partial charge < -0.3 is 4.90 Å². The quantitative estimate of drug-likeness (QED) is 0.749. The Hall–Kier alpha value is -0.970. The molecule has 0 aliphatic carbocycles. The van der Waals surface area contributed by atoms with Crippen LogP contribution < -0.4 is 0 Å². The molecule has 0 aromatic heterocycles. The molecule has 1 atom stereocenters. The second-order valence-corrected chi connectivity index (χ2v) is 6.09. The molecule has 1 saturated heterocycles. The normalized spacial score (nSPS) is 20.1. The molecule has 1 unspecified atom stereocenters. The van der Waals surface area contributed by atoms with Crippen molar-refractivity contribution in [2.75, 3.05) is 6.54 Å². The third-order valence-electron chi connectivity index (χ3n) is 3.99. The molecular weight excluding hydrogens is 328 g/mol. The topological polar surface area (TPSA) is 20.3 Å². The number of hydrogen-bond donors (Lipinski definition) is 0. The number of halogens is 3. The molecule has 2 nitrogen and oxygen atoms in total. The third-order valence-corrected chi connectivity index (χ3v) is 4.60. The number of rotatable bonds is 3. The van der Waals surface area contributed by atoms with Crippen LogP contribution in [0, 0.1) is 17.6 Å². The highest BCUT2D eigenvalue weighted by Crippen LogP contribution is 2.26. The van der Waals surface area contributed by atoms with Gasteiger partial charge in [-0.2, -0.15) is 0 Å². The second-order valence-electron chi connectivity index (χ2n) is 5.24. The summed E-state index contributed by atoms with van der Waals surface area (Å²) in [5.74, 6) is -0.704. The zero-order valence-electron chi connectivity index (χ0n) is 11.5. The van der Waals surface area contributed by atoms with Gasteiger partial charge in [0.1, 0.15) is 11.6 Å². The first-order valence-electron chi connectivity index (χ1n) is 6.93. The molecule has 1 fully saturated rings. The minimum absolute atomic E-state index is 0.00632. The largest absolute Gasteiger partial charge is 0.338 e. The molecule has 0 N–H and O–H groups in total. The molecule has 1 amide bonds. The highest BCUT2D eigenvalue weighted by molar-refractivity contribution is 9.10. The Morgan fingerprint density at radius 3 is 2.80 bits per heavy atom. The lowest BCUT2D eigenvalue weighted by Gasteiger charge is -2.21. The number of carbonyl (C=O) groups excluding carboxylic acids is 1. The SMILES string of the molecule is CCC1CCC(=O)N(Cc2c(F)ccc(Br)c2F)CC1. The van der Waals surface area contributed by atoms with E-state index in [-0.39, 0.29) is 22.5 Å². The first-order chi connectivity index (χ1) is 9.52. The maximum atomic E-state index is 14.0. The van der Waals surface area contributed by atoms with Crippen LogP contribution in [0.25, 0.3) is 0 Å². The molecule has 0 saturated carbocycles. The lowest BCUT2D eigenvalue weighted by atomic mass is 9.98. The van der Waals surface area contributed by atoms with Crippen LogP contribution in [0.4, 0.5) is 8.78 Å². The van der Waals surface area contributed by atoms with Gasteiger partial charge in [-0.05, 0) is 46.8 Å². The lowest BCUT2D eigenvalue weighted by molar-refractivity contribution is -0.131. The van der Waals surface area contributed by atoms with Crippen molar-refractivity contribution in [3.05, 3.63) is 33.8 Å². The van der Waals surface area contributed by atoms with Gasteiger partial charge in [0, 0.05) is 18.5 Å². The van der Waals surface area contributed by atoms with E-state index in [1.54, 1.807) is 4.90 Å². The van der Waals surface area contributed by atoms with Crippen LogP contribution in [-0.4, -0.2) is 17.4 Å². The van der Waals surface area contributed by atoms with Gasteiger partial charge in [-0.25, -0.2) is 8.78 Å². The van der Waals surface area contributed by atoms with Crippen LogP contribution in [0.15, 0.2) is 16.6 Å². The summed E-state index contributed by atoms with van der Waals surface area (Å²) in [5, 5.41) is 0. The van der Waals surface area contributed by atoms with Crippen LogP contribution in [0.2, 0.25) is 0 Å². The Balaban J connectivity index is 2.17. The zero-order valence-corrected chi connectivity index (χ0v) is 13.1. The van der Waals surface area contributed by atoms with Crippen molar-refractivity contribution in [1.82, 2.24) is 4.90 Å². The highest BCUT2D eigenvalue weighted by atomic mass is 79.9. The van der Waals surface area contributed by atoms with E-state index in [0.717, 1.165) is 19.3 Å². The number of amides is 1. The Morgan fingerprint density at radius 1 is 1.35 bits per heavy atom. The number of likely N-dealkylation sites (tertiary alicyclic amines) is 1. The summed E-state index contributed by atoms with van der Waals surface area (Å²) in [5.41, 5.74) is -0.0392. The molecule has 1 aliphatic heterocycles. The first-order valence-corrected chi connectivity index (χ1v) is 7.72. The minimum Gasteiger partial charge on any atom is -0.338 e. The molecule has 1 aromatic rings. The average Bonchev–Trinajstić information content (AvgIpc) is 2.61. The third kappa shape index (κ3) is 3.37. The summed E-state index contributed by atoms with van der Waals surface area (Å²) in [6, 6.07) is 2.56. The van der Waals surface area contributed by atoms with Gasteiger partial charge in [0.15, 0.2) is 0 Å². The summed E-state index contributed by atoms with van der Waals surface area (Å²) in [4.78, 5) is 13.6. The highest BCUT2D eigenvalue weighted by Gasteiger charge is 2.24. The van der Waals surface area contributed by atoms with Crippen molar-refractivity contribution >= 4 is 21.8 Å². The molecule has 110 valence electrons. The van der Waals surface area contributed by atoms with Crippen molar-refractivity contribution in [3.8, 4) is 0 Å². The van der Waals surface area contributed by atoms with Gasteiger partial charge in [0.25, 0.3) is 0 Å². The van der Waals surface area contributed by atoms with Gasteiger partial charge in [0.2, 0.25) is 5.91 Å². The van der Waals surface area contributed by atoms with E-state index in [0.29, 0.717) is 18.9 Å². The maximum Gasteiger partial charge on any atom is 0.222 e. The fourth-order valence-electron chi connectivity index (χ4n) is 2.57. The summed E-state index contributed by atoms with van der Waals surface area (Å²) >= 11 is 3.05. The molecular formula is C15H18BrF2NO. The predicted molar refractivity (Wildman–Crippen MR) is 77.1 cm³/mol. The molecule has 20 heavy (non-hydrogen) atoms. The van der Waals surface area contributed by atoms with E-state index in [2.05, 4.69) is 22.9 Å². The number of benzene rings is 1. The van der Waals surface area contributed by atoms with E-state index < -0.39 is 11.6 Å². The molecule has 5 heteroatoms. The van der Waals surface area contributed by atoms with E-state index in [1.165, 1.54) is 12.1 Å². The van der Waals surface area contributed by atoms with Crippen molar-refractivity contribution in [2.24, 2.45) is 5.92 Å². The van der Waals surface area contributed by atoms with Crippen LogP contribution in [0.1, 0.15) is 38.2 Å². The van der Waals surface area contributed by atoms with Crippen LogP contribution in [0.5, 0.6) is 0 Å². The average molecular weight is 346 g/mol. The second kappa shape index (κ2) is 6.66. The van der Waals surface area contributed by atoms with E-state index in [1.807, 2.05) is 0 Å². The maximum absolute atomic E-state index is 14.0. The van der Waals surface area contributed by atoms with Crippen molar-refractivity contribution in [1.29, 1.82) is 0 Å². The van der Waals surface area contributed by atoms with E-state index in [4.69, 9.17) is 0 Å². The van der Waals surface area contributed by atoms with Gasteiger partial charge in [0.05, 0.1) is 11.0 Å². The van der Waals surface area contributed by atoms with Gasteiger partial charge in [-0.1, -0.05) is 13.3 Å². The Morgan fingerprint density at radius 2 is 2.10 bits per heavy atom. The van der Waals surface area contributed by atoms with Crippen LogP contribution in [-0.2, 0) is 11.3 Å². The Kier molecular flexibility index (Phi) is 5.13. The minimum atomic E-state index is -0.617. The first kappa shape index (κ1) is 15.4. The molecule has 0 spiro atoms. The molecule has 1 aliphatic rings. The van der Waals surface area contributed by atoms with Crippen molar-refractivity contribution < 1.29 is 13.6 Å². The Bertz CT molecular complexity index is 507. The van der Waals surface area contributed by atoms with Gasteiger partial charge in [-0.15, -0.1) is 0 Å². The fourth-order valence-corrected chi connectivity index (χ4v) is 2.94. The monoisotopic (exact) mass is 345 g/mol. The summed E-state index contributed by atoms with van der Waals surface area (Å²) in [6.45, 7) is 2.69. The van der Waals surface area contributed by atoms with Crippen molar-refractivity contribution in [2.45, 2.75) is 39.2 Å². The standard InChI is InChI=1S/C15H18BrF2NO/c1-2-10-3-6-14(20)19(8-7-10)9-11-13(17)5-4-12(16)15(11)18/h4-5,10H,2-3,6-9H2,1H3. The molecule has 1 aromatic carbocycles. The van der Waals surface area contributed by atoms with Crippen LogP contribution >= 0.6 is 15.9 Å². The van der Waals surface area contributed by atoms with E-state index >= 15 is 0 Å². The number of nitrogens with zero attached hydrogens (tertiary/aromatic N) is 1.